The van der Waals surface area contributed by atoms with E-state index in [9.17, 15) is 9.59 Å². The van der Waals surface area contributed by atoms with Crippen molar-refractivity contribution in [3.05, 3.63) is 60.2 Å². The zero-order chi connectivity index (χ0) is 18.8. The molecular formula is C20H16N4O2S. The highest BCUT2D eigenvalue weighted by Crippen LogP contribution is 2.31. The fourth-order valence-electron chi connectivity index (χ4n) is 2.80. The number of nitrogens with zero attached hydrogens (tertiary/aromatic N) is 2. The summed E-state index contributed by atoms with van der Waals surface area (Å²) in [7, 11) is 1.53. The predicted molar refractivity (Wildman–Crippen MR) is 107 cm³/mol. The number of carbonyl (C=O) groups is 2. The van der Waals surface area contributed by atoms with Gasteiger partial charge in [0.15, 0.2) is 0 Å². The molecule has 6 nitrogen and oxygen atoms in total. The van der Waals surface area contributed by atoms with Crippen molar-refractivity contribution in [3.8, 4) is 10.7 Å². The van der Waals surface area contributed by atoms with Crippen LogP contribution in [0.15, 0.2) is 54.6 Å². The van der Waals surface area contributed by atoms with E-state index < -0.39 is 0 Å². The Labute approximate surface area is 159 Å². The number of fused-ring (bicyclic) bond motifs is 2. The van der Waals surface area contributed by atoms with E-state index in [-0.39, 0.29) is 18.4 Å². The van der Waals surface area contributed by atoms with Crippen molar-refractivity contribution in [2.24, 2.45) is 0 Å². The number of pyridine rings is 1. The van der Waals surface area contributed by atoms with Crippen LogP contribution in [0.5, 0.6) is 0 Å². The average Bonchev–Trinajstić information content (AvgIpc) is 3.15. The molecule has 0 aliphatic carbocycles. The Balaban J connectivity index is 1.80. The Morgan fingerprint density at radius 2 is 1.74 bits per heavy atom. The maximum atomic E-state index is 12.7. The minimum atomic E-state index is -0.320. The van der Waals surface area contributed by atoms with Gasteiger partial charge in [0.1, 0.15) is 10.7 Å². The molecule has 2 aromatic carbocycles. The Morgan fingerprint density at radius 3 is 2.52 bits per heavy atom. The lowest BCUT2D eigenvalue weighted by atomic mass is 10.1. The molecule has 0 atom stereocenters. The maximum Gasteiger partial charge on any atom is 0.252 e. The number of carbonyl (C=O) groups excluding carboxylic acids is 2. The number of thiazole rings is 1. The van der Waals surface area contributed by atoms with E-state index in [0.717, 1.165) is 20.6 Å². The SMILES string of the molecule is CNC(=O)CNC(=O)c1cc(-c2nc3ccccc3s2)nc2ccccc12. The van der Waals surface area contributed by atoms with E-state index in [2.05, 4.69) is 20.6 Å². The fraction of sp³-hybridized carbons (Fsp3) is 0.100. The van der Waals surface area contributed by atoms with Crippen LogP contribution < -0.4 is 10.6 Å². The summed E-state index contributed by atoms with van der Waals surface area (Å²) >= 11 is 1.53. The van der Waals surface area contributed by atoms with Gasteiger partial charge >= 0.3 is 0 Å². The number of amides is 2. The first kappa shape index (κ1) is 17.1. The van der Waals surface area contributed by atoms with Gasteiger partial charge < -0.3 is 10.6 Å². The number of rotatable bonds is 4. The van der Waals surface area contributed by atoms with Gasteiger partial charge in [-0.25, -0.2) is 9.97 Å². The Morgan fingerprint density at radius 1 is 1.00 bits per heavy atom. The van der Waals surface area contributed by atoms with Crippen molar-refractivity contribution >= 4 is 44.3 Å². The first-order chi connectivity index (χ1) is 13.2. The molecule has 0 spiro atoms. The normalized spacial score (nSPS) is 10.9. The molecular weight excluding hydrogens is 360 g/mol. The molecule has 0 unspecified atom stereocenters. The number of aromatic nitrogens is 2. The lowest BCUT2D eigenvalue weighted by Gasteiger charge is -2.09. The standard InChI is InChI=1S/C20H16N4O2S/c1-21-18(25)11-22-19(26)13-10-16(23-14-7-3-2-6-12(13)14)20-24-15-8-4-5-9-17(15)27-20/h2-10H,11H2,1H3,(H,21,25)(H,22,26). The lowest BCUT2D eigenvalue weighted by molar-refractivity contribution is -0.119. The zero-order valence-corrected chi connectivity index (χ0v) is 15.3. The number of para-hydroxylation sites is 2. The summed E-state index contributed by atoms with van der Waals surface area (Å²) in [6.07, 6.45) is 0. The maximum absolute atomic E-state index is 12.7. The van der Waals surface area contributed by atoms with Crippen LogP contribution in [-0.4, -0.2) is 35.4 Å². The monoisotopic (exact) mass is 376 g/mol. The number of benzene rings is 2. The second-order valence-corrected chi connectivity index (χ2v) is 6.95. The van der Waals surface area contributed by atoms with Crippen LogP contribution in [0, 0.1) is 0 Å². The molecule has 27 heavy (non-hydrogen) atoms. The topological polar surface area (TPSA) is 84.0 Å². The number of nitrogens with one attached hydrogen (secondary N) is 2. The molecule has 2 N–H and O–H groups in total. The number of likely N-dealkylation sites (N-methyl/N-ethyl adjacent to an activating group) is 1. The minimum absolute atomic E-state index is 0.0809. The summed E-state index contributed by atoms with van der Waals surface area (Å²) in [5.41, 5.74) is 2.72. The summed E-state index contributed by atoms with van der Waals surface area (Å²) in [4.78, 5) is 33.5. The number of hydrogen-bond acceptors (Lipinski definition) is 5. The second-order valence-electron chi connectivity index (χ2n) is 5.91. The molecule has 2 aromatic heterocycles. The van der Waals surface area contributed by atoms with Gasteiger partial charge in [-0.15, -0.1) is 11.3 Å². The molecule has 4 rings (SSSR count). The Hall–Kier alpha value is -3.32. The lowest BCUT2D eigenvalue weighted by Crippen LogP contribution is -2.35. The van der Waals surface area contributed by atoms with Crippen molar-refractivity contribution in [1.82, 2.24) is 20.6 Å². The van der Waals surface area contributed by atoms with Gasteiger partial charge in [-0.2, -0.15) is 0 Å². The summed E-state index contributed by atoms with van der Waals surface area (Å²) in [6, 6.07) is 17.1. The molecule has 0 saturated carbocycles. The third-order valence-corrected chi connectivity index (χ3v) is 5.22. The minimum Gasteiger partial charge on any atom is -0.358 e. The molecule has 0 aliphatic rings. The molecule has 0 aliphatic heterocycles. The van der Waals surface area contributed by atoms with Crippen LogP contribution in [0.2, 0.25) is 0 Å². The molecule has 0 saturated heterocycles. The van der Waals surface area contributed by atoms with E-state index in [0.29, 0.717) is 16.8 Å². The highest BCUT2D eigenvalue weighted by Gasteiger charge is 2.16. The van der Waals surface area contributed by atoms with Gasteiger partial charge in [0.05, 0.1) is 27.8 Å². The number of hydrogen-bond donors (Lipinski definition) is 2. The molecule has 2 amide bonds. The smallest absolute Gasteiger partial charge is 0.252 e. The Kier molecular flexibility index (Phi) is 4.52. The highest BCUT2D eigenvalue weighted by molar-refractivity contribution is 7.21. The van der Waals surface area contributed by atoms with Crippen LogP contribution in [0.3, 0.4) is 0 Å². The van der Waals surface area contributed by atoms with Crippen molar-refractivity contribution in [1.29, 1.82) is 0 Å². The van der Waals surface area contributed by atoms with Gasteiger partial charge in [0.25, 0.3) is 5.91 Å². The summed E-state index contributed by atoms with van der Waals surface area (Å²) < 4.78 is 1.06. The van der Waals surface area contributed by atoms with Crippen LogP contribution >= 0.6 is 11.3 Å². The van der Waals surface area contributed by atoms with Gasteiger partial charge in [-0.3, -0.25) is 9.59 Å². The third kappa shape index (κ3) is 3.37. The quantitative estimate of drug-likeness (QED) is 0.573. The van der Waals surface area contributed by atoms with Crippen molar-refractivity contribution in [2.75, 3.05) is 13.6 Å². The van der Waals surface area contributed by atoms with Gasteiger partial charge in [0.2, 0.25) is 5.91 Å². The second kappa shape index (κ2) is 7.13. The van der Waals surface area contributed by atoms with Crippen molar-refractivity contribution in [3.63, 3.8) is 0 Å². The molecule has 0 radical (unpaired) electrons. The van der Waals surface area contributed by atoms with E-state index >= 15 is 0 Å². The molecule has 0 bridgehead atoms. The van der Waals surface area contributed by atoms with Gasteiger partial charge in [-0.05, 0) is 24.3 Å². The third-order valence-electron chi connectivity index (χ3n) is 4.16. The van der Waals surface area contributed by atoms with E-state index in [1.807, 2.05) is 48.5 Å². The van der Waals surface area contributed by atoms with Crippen LogP contribution in [0.25, 0.3) is 31.8 Å². The van der Waals surface area contributed by atoms with Crippen molar-refractivity contribution in [2.45, 2.75) is 0 Å². The summed E-state index contributed by atoms with van der Waals surface area (Å²) in [5, 5.41) is 6.62. The first-order valence-corrected chi connectivity index (χ1v) is 9.22. The predicted octanol–water partition coefficient (Wildman–Crippen LogP) is 2.99. The summed E-state index contributed by atoms with van der Waals surface area (Å²) in [6.45, 7) is -0.0809. The average molecular weight is 376 g/mol. The molecule has 134 valence electrons. The van der Waals surface area contributed by atoms with E-state index in [4.69, 9.17) is 0 Å². The summed E-state index contributed by atoms with van der Waals surface area (Å²) in [5.74, 6) is -0.576. The van der Waals surface area contributed by atoms with Crippen LogP contribution in [0.1, 0.15) is 10.4 Å². The van der Waals surface area contributed by atoms with Crippen LogP contribution in [0.4, 0.5) is 0 Å². The van der Waals surface area contributed by atoms with Crippen LogP contribution in [-0.2, 0) is 4.79 Å². The molecule has 0 fully saturated rings. The van der Waals surface area contributed by atoms with Gasteiger partial charge in [0, 0.05) is 12.4 Å². The van der Waals surface area contributed by atoms with E-state index in [1.54, 1.807) is 6.07 Å². The zero-order valence-electron chi connectivity index (χ0n) is 14.5. The molecule has 7 heteroatoms. The van der Waals surface area contributed by atoms with Gasteiger partial charge in [-0.1, -0.05) is 30.3 Å². The largest absolute Gasteiger partial charge is 0.358 e. The Bertz CT molecular complexity index is 1140. The molecule has 2 heterocycles. The fourth-order valence-corrected chi connectivity index (χ4v) is 3.73. The molecule has 4 aromatic rings. The first-order valence-electron chi connectivity index (χ1n) is 8.40. The van der Waals surface area contributed by atoms with Crippen molar-refractivity contribution < 1.29 is 9.59 Å². The van der Waals surface area contributed by atoms with E-state index in [1.165, 1.54) is 18.4 Å². The highest BCUT2D eigenvalue weighted by atomic mass is 32.1.